The molecule has 0 aromatic carbocycles. The Kier molecular flexibility index (Phi) is 1.33. The molecule has 0 spiro atoms. The molecule has 5 nitrogen and oxygen atoms in total. The van der Waals surface area contributed by atoms with Gasteiger partial charge in [-0.3, -0.25) is 14.9 Å². The number of hydrazine groups is 2. The summed E-state index contributed by atoms with van der Waals surface area (Å²) in [6.07, 6.45) is 3.57. The average Bonchev–Trinajstić information content (AvgIpc) is 2.34. The summed E-state index contributed by atoms with van der Waals surface area (Å²) in [6.45, 7) is 0.486. The highest BCUT2D eigenvalue weighted by atomic mass is 35.5. The first kappa shape index (κ1) is 6.63. The van der Waals surface area contributed by atoms with Crippen molar-refractivity contribution in [3.05, 3.63) is 23.8 Å². The van der Waals surface area contributed by atoms with Crippen LogP contribution in [-0.2, 0) is 0 Å². The Bertz CT molecular complexity index is 235. The molecule has 2 aliphatic rings. The minimum absolute atomic E-state index is 0.486. The zero-order chi connectivity index (χ0) is 7.84. The van der Waals surface area contributed by atoms with Crippen LogP contribution < -0.4 is 16.7 Å². The molecular formula is C5H8ClN5. The van der Waals surface area contributed by atoms with E-state index >= 15 is 0 Å². The Morgan fingerprint density at radius 1 is 1.64 bits per heavy atom. The Morgan fingerprint density at radius 3 is 3.27 bits per heavy atom. The number of hydrogen-bond donors (Lipinski definition) is 3. The Hall–Kier alpha value is -1.07. The second-order valence-corrected chi connectivity index (χ2v) is 2.77. The van der Waals surface area contributed by atoms with Gasteiger partial charge in [0.25, 0.3) is 0 Å². The highest BCUT2D eigenvalue weighted by Crippen LogP contribution is 2.21. The normalized spacial score (nSPS) is 21.6. The summed E-state index contributed by atoms with van der Waals surface area (Å²) in [4.78, 5) is 0. The molecule has 0 fully saturated rings. The molecule has 0 atom stereocenters. The standard InChI is InChI=1S/C5H8ClN5/c6-11-3-10(7)2-4-5(11)1-8-9-4/h1-2,8-9H,3,7H2. The summed E-state index contributed by atoms with van der Waals surface area (Å²) in [7, 11) is 0. The van der Waals surface area contributed by atoms with E-state index in [1.165, 1.54) is 9.43 Å². The lowest BCUT2D eigenvalue weighted by Gasteiger charge is -2.28. The van der Waals surface area contributed by atoms with Gasteiger partial charge in [0, 0.05) is 24.2 Å². The van der Waals surface area contributed by atoms with Gasteiger partial charge < -0.3 is 5.43 Å². The Balaban J connectivity index is 2.32. The number of nitrogens with two attached hydrogens (primary N) is 1. The maximum absolute atomic E-state index is 5.84. The van der Waals surface area contributed by atoms with E-state index < -0.39 is 0 Å². The number of nitrogens with one attached hydrogen (secondary N) is 2. The summed E-state index contributed by atoms with van der Waals surface area (Å²) in [5.41, 5.74) is 7.51. The largest absolute Gasteiger partial charge is 0.306 e. The van der Waals surface area contributed by atoms with Crippen LogP contribution in [0.1, 0.15) is 0 Å². The first-order valence-electron chi connectivity index (χ1n) is 3.16. The molecule has 2 aliphatic heterocycles. The summed E-state index contributed by atoms with van der Waals surface area (Å²) in [6, 6.07) is 0. The van der Waals surface area contributed by atoms with Crippen LogP contribution in [0.3, 0.4) is 0 Å². The molecule has 4 N–H and O–H groups in total. The van der Waals surface area contributed by atoms with Crippen molar-refractivity contribution >= 4 is 11.8 Å². The van der Waals surface area contributed by atoms with Gasteiger partial charge in [-0.05, 0) is 0 Å². The van der Waals surface area contributed by atoms with Gasteiger partial charge in [-0.15, -0.1) is 0 Å². The number of nitrogens with zero attached hydrogens (tertiary/aromatic N) is 2. The van der Waals surface area contributed by atoms with E-state index in [2.05, 4.69) is 10.9 Å². The number of halogens is 1. The smallest absolute Gasteiger partial charge is 0.120 e. The summed E-state index contributed by atoms with van der Waals surface area (Å²) < 4.78 is 1.53. The lowest BCUT2D eigenvalue weighted by atomic mass is 10.3. The molecule has 2 rings (SSSR count). The van der Waals surface area contributed by atoms with Crippen LogP contribution in [0, 0.1) is 0 Å². The van der Waals surface area contributed by atoms with E-state index in [-0.39, 0.29) is 0 Å². The van der Waals surface area contributed by atoms with E-state index in [0.717, 1.165) is 11.4 Å². The maximum Gasteiger partial charge on any atom is 0.120 e. The van der Waals surface area contributed by atoms with Gasteiger partial charge >= 0.3 is 0 Å². The van der Waals surface area contributed by atoms with Crippen molar-refractivity contribution in [2.75, 3.05) is 6.67 Å². The molecule has 0 aromatic rings. The van der Waals surface area contributed by atoms with E-state index in [9.17, 15) is 0 Å². The zero-order valence-electron chi connectivity index (χ0n) is 5.71. The topological polar surface area (TPSA) is 56.6 Å². The van der Waals surface area contributed by atoms with E-state index in [1.807, 2.05) is 0 Å². The minimum atomic E-state index is 0.486. The third kappa shape index (κ3) is 0.979. The molecule has 0 saturated heterocycles. The van der Waals surface area contributed by atoms with Gasteiger partial charge in [-0.25, -0.2) is 5.84 Å². The first-order valence-corrected chi connectivity index (χ1v) is 3.50. The van der Waals surface area contributed by atoms with Gasteiger partial charge in [0.1, 0.15) is 6.67 Å². The van der Waals surface area contributed by atoms with Crippen LogP contribution in [0.15, 0.2) is 23.8 Å². The monoisotopic (exact) mass is 173 g/mol. The highest BCUT2D eigenvalue weighted by Gasteiger charge is 2.22. The molecule has 0 radical (unpaired) electrons. The fraction of sp³-hybridized carbons (Fsp3) is 0.200. The highest BCUT2D eigenvalue weighted by molar-refractivity contribution is 6.14. The molecule has 2 heterocycles. The van der Waals surface area contributed by atoms with Crippen molar-refractivity contribution in [2.45, 2.75) is 0 Å². The van der Waals surface area contributed by atoms with Crippen LogP contribution in [-0.4, -0.2) is 16.1 Å². The van der Waals surface area contributed by atoms with E-state index in [4.69, 9.17) is 17.6 Å². The molecule has 60 valence electrons. The second kappa shape index (κ2) is 2.21. The average molecular weight is 174 g/mol. The SMILES string of the molecule is NN1C=C2NNC=C2N(Cl)C1. The summed E-state index contributed by atoms with van der Waals surface area (Å²) in [5, 5.41) is 1.50. The van der Waals surface area contributed by atoms with Crippen LogP contribution >= 0.6 is 11.8 Å². The van der Waals surface area contributed by atoms with Crippen molar-refractivity contribution in [1.82, 2.24) is 20.3 Å². The van der Waals surface area contributed by atoms with Crippen molar-refractivity contribution in [3.8, 4) is 0 Å². The predicted octanol–water partition coefficient (Wildman–Crippen LogP) is -0.620. The van der Waals surface area contributed by atoms with Crippen molar-refractivity contribution in [1.29, 1.82) is 0 Å². The Labute approximate surface area is 69.1 Å². The molecule has 0 aliphatic carbocycles. The third-order valence-corrected chi connectivity index (χ3v) is 1.82. The van der Waals surface area contributed by atoms with Crippen LogP contribution in [0.2, 0.25) is 0 Å². The fourth-order valence-electron chi connectivity index (χ4n) is 1.05. The van der Waals surface area contributed by atoms with Crippen molar-refractivity contribution in [2.24, 2.45) is 5.84 Å². The minimum Gasteiger partial charge on any atom is -0.306 e. The van der Waals surface area contributed by atoms with Gasteiger partial charge in [0.15, 0.2) is 0 Å². The van der Waals surface area contributed by atoms with E-state index in [0.29, 0.717) is 6.67 Å². The number of fused-ring (bicyclic) bond motifs is 1. The molecule has 11 heavy (non-hydrogen) atoms. The summed E-state index contributed by atoms with van der Waals surface area (Å²) >= 11 is 5.84. The van der Waals surface area contributed by atoms with Gasteiger partial charge in [-0.2, -0.15) is 0 Å². The predicted molar refractivity (Wildman–Crippen MR) is 41.0 cm³/mol. The van der Waals surface area contributed by atoms with Gasteiger partial charge in [0.05, 0.1) is 11.4 Å². The summed E-state index contributed by atoms with van der Waals surface area (Å²) in [5.74, 6) is 5.52. The van der Waals surface area contributed by atoms with Gasteiger partial charge in [-0.1, -0.05) is 0 Å². The second-order valence-electron chi connectivity index (χ2n) is 2.36. The molecule has 0 bridgehead atoms. The van der Waals surface area contributed by atoms with Crippen LogP contribution in [0.25, 0.3) is 0 Å². The van der Waals surface area contributed by atoms with Gasteiger partial charge in [0.2, 0.25) is 0 Å². The number of rotatable bonds is 0. The molecular weight excluding hydrogens is 166 g/mol. The van der Waals surface area contributed by atoms with Crippen molar-refractivity contribution < 1.29 is 0 Å². The van der Waals surface area contributed by atoms with Crippen molar-refractivity contribution in [3.63, 3.8) is 0 Å². The van der Waals surface area contributed by atoms with Crippen LogP contribution in [0.4, 0.5) is 0 Å². The maximum atomic E-state index is 5.84. The zero-order valence-corrected chi connectivity index (χ0v) is 6.47. The molecule has 6 heteroatoms. The molecule has 0 saturated carbocycles. The first-order chi connectivity index (χ1) is 5.27. The number of hydrogen-bond acceptors (Lipinski definition) is 5. The van der Waals surface area contributed by atoms with E-state index in [1.54, 1.807) is 12.4 Å². The lowest BCUT2D eigenvalue weighted by molar-refractivity contribution is 0.282. The fourth-order valence-corrected chi connectivity index (χ4v) is 1.31. The Morgan fingerprint density at radius 2 is 2.45 bits per heavy atom. The molecule has 0 amide bonds. The van der Waals surface area contributed by atoms with Crippen LogP contribution in [0.5, 0.6) is 0 Å². The third-order valence-electron chi connectivity index (χ3n) is 1.54. The molecule has 0 unspecified atom stereocenters. The molecule has 0 aromatic heterocycles. The lowest BCUT2D eigenvalue weighted by Crippen LogP contribution is -2.39. The quantitative estimate of drug-likeness (QED) is 0.337.